The first-order valence-electron chi connectivity index (χ1n) is 3.58. The molecule has 0 amide bonds. The van der Waals surface area contributed by atoms with Gasteiger partial charge < -0.3 is 0 Å². The molecule has 0 unspecified atom stereocenters. The molecule has 0 aromatic rings. The SMILES string of the molecule is C#CC.C/C=C\C(F)=C/CC. The van der Waals surface area contributed by atoms with Gasteiger partial charge in [0, 0.05) is 0 Å². The maximum atomic E-state index is 12.2. The maximum Gasteiger partial charge on any atom is 0.118 e. The van der Waals surface area contributed by atoms with Crippen LogP contribution in [-0.2, 0) is 0 Å². The summed E-state index contributed by atoms with van der Waals surface area (Å²) in [6, 6.07) is 0. The monoisotopic (exact) mass is 154 g/mol. The van der Waals surface area contributed by atoms with E-state index in [-0.39, 0.29) is 5.83 Å². The number of allylic oxidation sites excluding steroid dienone is 4. The fourth-order valence-electron chi connectivity index (χ4n) is 0.422. The van der Waals surface area contributed by atoms with Gasteiger partial charge in [-0.25, -0.2) is 4.39 Å². The third kappa shape index (κ3) is 17.6. The van der Waals surface area contributed by atoms with Gasteiger partial charge in [0.1, 0.15) is 5.83 Å². The Bertz CT molecular complexity index is 158. The molecule has 0 saturated heterocycles. The highest BCUT2D eigenvalue weighted by Crippen LogP contribution is 1.98. The molecule has 0 fully saturated rings. The average Bonchev–Trinajstić information content (AvgIpc) is 1.90. The lowest BCUT2D eigenvalue weighted by Gasteiger charge is -1.80. The van der Waals surface area contributed by atoms with E-state index in [2.05, 4.69) is 12.3 Å². The van der Waals surface area contributed by atoms with E-state index in [0.29, 0.717) is 0 Å². The van der Waals surface area contributed by atoms with Crippen LogP contribution >= 0.6 is 0 Å². The highest BCUT2D eigenvalue weighted by Gasteiger charge is 1.79. The molecule has 0 aliphatic heterocycles. The Morgan fingerprint density at radius 2 is 2.09 bits per heavy atom. The smallest absolute Gasteiger partial charge is 0.118 e. The third-order valence-corrected chi connectivity index (χ3v) is 0.725. The number of hydrogen-bond donors (Lipinski definition) is 0. The summed E-state index contributed by atoms with van der Waals surface area (Å²) in [5, 5.41) is 0. The number of terminal acetylenes is 1. The first kappa shape index (κ1) is 12.6. The molecule has 0 aliphatic carbocycles. The molecule has 0 aromatic carbocycles. The van der Waals surface area contributed by atoms with Crippen LogP contribution in [0.5, 0.6) is 0 Å². The van der Waals surface area contributed by atoms with E-state index in [9.17, 15) is 4.39 Å². The summed E-state index contributed by atoms with van der Waals surface area (Å²) in [5.74, 6) is 2.11. The molecule has 1 heteroatoms. The van der Waals surface area contributed by atoms with Crippen molar-refractivity contribution in [3.8, 4) is 12.3 Å². The molecule has 0 nitrogen and oxygen atoms in total. The number of halogens is 1. The second-order valence-electron chi connectivity index (χ2n) is 1.79. The number of hydrogen-bond acceptors (Lipinski definition) is 0. The summed E-state index contributed by atoms with van der Waals surface area (Å²) in [5.41, 5.74) is 0. The molecule has 0 heterocycles. The minimum atomic E-state index is -0.144. The summed E-state index contributed by atoms with van der Waals surface area (Å²) in [6.07, 6.45) is 10.0. The quantitative estimate of drug-likeness (QED) is 0.422. The van der Waals surface area contributed by atoms with Crippen LogP contribution in [0.2, 0.25) is 0 Å². The van der Waals surface area contributed by atoms with Crippen molar-refractivity contribution < 1.29 is 4.39 Å². The fraction of sp³-hybridized carbons (Fsp3) is 0.400. The van der Waals surface area contributed by atoms with Gasteiger partial charge in [0.2, 0.25) is 0 Å². The molecule has 0 saturated carbocycles. The van der Waals surface area contributed by atoms with E-state index in [1.54, 1.807) is 26.0 Å². The van der Waals surface area contributed by atoms with Crippen molar-refractivity contribution in [2.45, 2.75) is 27.2 Å². The Morgan fingerprint density at radius 3 is 2.36 bits per heavy atom. The molecule has 0 rings (SSSR count). The molecule has 0 bridgehead atoms. The predicted octanol–water partition coefficient (Wildman–Crippen LogP) is 3.47. The van der Waals surface area contributed by atoms with Crippen molar-refractivity contribution in [3.05, 3.63) is 24.1 Å². The van der Waals surface area contributed by atoms with E-state index in [1.807, 2.05) is 6.92 Å². The van der Waals surface area contributed by atoms with Crippen molar-refractivity contribution >= 4 is 0 Å². The molecule has 0 radical (unpaired) electrons. The van der Waals surface area contributed by atoms with Gasteiger partial charge in [-0.05, 0) is 32.4 Å². The van der Waals surface area contributed by atoms with Crippen LogP contribution in [0.3, 0.4) is 0 Å². The van der Waals surface area contributed by atoms with Gasteiger partial charge in [-0.2, -0.15) is 0 Å². The fourth-order valence-corrected chi connectivity index (χ4v) is 0.422. The van der Waals surface area contributed by atoms with Crippen molar-refractivity contribution in [2.75, 3.05) is 0 Å². The van der Waals surface area contributed by atoms with Crippen LogP contribution in [0.1, 0.15) is 27.2 Å². The first-order chi connectivity index (χ1) is 5.22. The topological polar surface area (TPSA) is 0 Å². The first-order valence-corrected chi connectivity index (χ1v) is 3.58. The molecule has 0 atom stereocenters. The Labute approximate surface area is 68.8 Å². The lowest BCUT2D eigenvalue weighted by atomic mass is 10.4. The molecule has 0 aromatic heterocycles. The van der Waals surface area contributed by atoms with Crippen molar-refractivity contribution in [1.82, 2.24) is 0 Å². The Balaban J connectivity index is 0. The van der Waals surface area contributed by atoms with Gasteiger partial charge in [0.05, 0.1) is 0 Å². The second-order valence-corrected chi connectivity index (χ2v) is 1.79. The van der Waals surface area contributed by atoms with Gasteiger partial charge in [-0.1, -0.05) is 13.0 Å². The molecule has 11 heavy (non-hydrogen) atoms. The van der Waals surface area contributed by atoms with Gasteiger partial charge in [0.25, 0.3) is 0 Å². The van der Waals surface area contributed by atoms with E-state index in [1.165, 1.54) is 6.08 Å². The van der Waals surface area contributed by atoms with Crippen LogP contribution < -0.4 is 0 Å². The van der Waals surface area contributed by atoms with Crippen molar-refractivity contribution in [2.24, 2.45) is 0 Å². The second kappa shape index (κ2) is 11.7. The van der Waals surface area contributed by atoms with Crippen LogP contribution in [-0.4, -0.2) is 0 Å². The van der Waals surface area contributed by atoms with Crippen LogP contribution in [0.15, 0.2) is 24.1 Å². The Morgan fingerprint density at radius 1 is 1.64 bits per heavy atom. The Kier molecular flexibility index (Phi) is 13.5. The van der Waals surface area contributed by atoms with Gasteiger partial charge in [0.15, 0.2) is 0 Å². The average molecular weight is 154 g/mol. The van der Waals surface area contributed by atoms with E-state index >= 15 is 0 Å². The zero-order chi connectivity index (χ0) is 9.11. The van der Waals surface area contributed by atoms with E-state index in [0.717, 1.165) is 6.42 Å². The molecule has 62 valence electrons. The lowest BCUT2D eigenvalue weighted by Crippen LogP contribution is -1.61. The summed E-state index contributed by atoms with van der Waals surface area (Å²) in [4.78, 5) is 0. The molecular weight excluding hydrogens is 139 g/mol. The van der Waals surface area contributed by atoms with Crippen molar-refractivity contribution in [1.29, 1.82) is 0 Å². The molecule has 0 spiro atoms. The van der Waals surface area contributed by atoms with E-state index in [4.69, 9.17) is 0 Å². The molecular formula is C10H15F. The van der Waals surface area contributed by atoms with Crippen LogP contribution in [0.25, 0.3) is 0 Å². The van der Waals surface area contributed by atoms with Gasteiger partial charge in [-0.15, -0.1) is 12.3 Å². The van der Waals surface area contributed by atoms with Gasteiger partial charge >= 0.3 is 0 Å². The molecule has 0 aliphatic rings. The predicted molar refractivity (Wildman–Crippen MR) is 48.8 cm³/mol. The standard InChI is InChI=1S/C7H11F.C3H4/c1-3-5-7(8)6-4-2;1-3-2/h3,5-6H,4H2,1-2H3;1H,2H3/b5-3-,7-6+;. The zero-order valence-electron chi connectivity index (χ0n) is 7.39. The maximum absolute atomic E-state index is 12.2. The third-order valence-electron chi connectivity index (χ3n) is 0.725. The largest absolute Gasteiger partial charge is 0.207 e. The highest BCUT2D eigenvalue weighted by molar-refractivity contribution is 5.09. The summed E-state index contributed by atoms with van der Waals surface area (Å²) >= 11 is 0. The summed E-state index contributed by atoms with van der Waals surface area (Å²) in [7, 11) is 0. The van der Waals surface area contributed by atoms with Crippen LogP contribution in [0.4, 0.5) is 4.39 Å². The highest BCUT2D eigenvalue weighted by atomic mass is 19.1. The minimum Gasteiger partial charge on any atom is -0.207 e. The summed E-state index contributed by atoms with van der Waals surface area (Å²) in [6.45, 7) is 5.35. The van der Waals surface area contributed by atoms with Crippen molar-refractivity contribution in [3.63, 3.8) is 0 Å². The summed E-state index contributed by atoms with van der Waals surface area (Å²) < 4.78 is 12.2. The molecule has 0 N–H and O–H groups in total. The number of rotatable bonds is 2. The Hall–Kier alpha value is -1.03. The minimum absolute atomic E-state index is 0.144. The van der Waals surface area contributed by atoms with Crippen LogP contribution in [0, 0.1) is 12.3 Å². The van der Waals surface area contributed by atoms with Gasteiger partial charge in [-0.3, -0.25) is 0 Å². The van der Waals surface area contributed by atoms with E-state index < -0.39 is 0 Å². The lowest BCUT2D eigenvalue weighted by molar-refractivity contribution is 0.661. The zero-order valence-corrected chi connectivity index (χ0v) is 7.39. The normalized spacial score (nSPS) is 10.3.